The molecule has 158 valence electrons. The Morgan fingerprint density at radius 3 is 2.63 bits per heavy atom. The lowest BCUT2D eigenvalue weighted by atomic mass is 10.0. The van der Waals surface area contributed by atoms with Crippen LogP contribution in [0.5, 0.6) is 5.75 Å². The highest BCUT2D eigenvalue weighted by Crippen LogP contribution is 2.28. The van der Waals surface area contributed by atoms with Gasteiger partial charge in [-0.3, -0.25) is 9.58 Å². The van der Waals surface area contributed by atoms with E-state index in [1.54, 1.807) is 0 Å². The van der Waals surface area contributed by atoms with Crippen LogP contribution in [0.2, 0.25) is 0 Å². The predicted molar refractivity (Wildman–Crippen MR) is 119 cm³/mol. The zero-order valence-corrected chi connectivity index (χ0v) is 18.0. The first-order valence-corrected chi connectivity index (χ1v) is 10.9. The maximum Gasteiger partial charge on any atom is 0.124 e. The van der Waals surface area contributed by atoms with Crippen LogP contribution in [-0.2, 0) is 33.0 Å². The molecule has 0 unspecified atom stereocenters. The van der Waals surface area contributed by atoms with Gasteiger partial charge in [-0.25, -0.2) is 0 Å². The van der Waals surface area contributed by atoms with Gasteiger partial charge in [0.05, 0.1) is 18.9 Å². The summed E-state index contributed by atoms with van der Waals surface area (Å²) in [5, 5.41) is 14.6. The van der Waals surface area contributed by atoms with Crippen molar-refractivity contribution in [1.82, 2.24) is 14.7 Å². The number of hydrogen-bond acceptors (Lipinski definition) is 4. The molecule has 30 heavy (non-hydrogen) atoms. The molecule has 2 heterocycles. The standard InChI is InChI=1S/C25H31N3O2/c1-3-15-30-24-10-9-19(16-21(24)18-29)17-28-13-11-22-23(12-14-28)27(2)26-25(22)20-7-5-4-6-8-20/h4-10,16,29H,3,11-15,17-18H2,1-2H3. The van der Waals surface area contributed by atoms with E-state index in [1.165, 1.54) is 22.4 Å². The highest BCUT2D eigenvalue weighted by molar-refractivity contribution is 5.64. The topological polar surface area (TPSA) is 50.5 Å². The van der Waals surface area contributed by atoms with Gasteiger partial charge in [0.2, 0.25) is 0 Å². The minimum atomic E-state index is 0.00440. The highest BCUT2D eigenvalue weighted by atomic mass is 16.5. The average Bonchev–Trinajstić information content (AvgIpc) is 2.95. The molecule has 5 heteroatoms. The van der Waals surface area contributed by atoms with Gasteiger partial charge in [0, 0.05) is 55.5 Å². The zero-order chi connectivity index (χ0) is 20.9. The van der Waals surface area contributed by atoms with E-state index in [0.717, 1.165) is 55.9 Å². The molecule has 0 aliphatic carbocycles. The summed E-state index contributed by atoms with van der Waals surface area (Å²) in [6.07, 6.45) is 2.95. The first-order chi connectivity index (χ1) is 14.7. The number of aliphatic hydroxyl groups is 1. The number of hydrogen-bond donors (Lipinski definition) is 1. The fraction of sp³-hybridized carbons (Fsp3) is 0.400. The number of rotatable bonds is 7. The van der Waals surface area contributed by atoms with Crippen molar-refractivity contribution in [2.24, 2.45) is 7.05 Å². The summed E-state index contributed by atoms with van der Waals surface area (Å²) in [5.74, 6) is 0.796. The summed E-state index contributed by atoms with van der Waals surface area (Å²) in [4.78, 5) is 2.50. The first kappa shape index (κ1) is 20.6. The molecule has 0 atom stereocenters. The van der Waals surface area contributed by atoms with Gasteiger partial charge < -0.3 is 9.84 Å². The van der Waals surface area contributed by atoms with Crippen molar-refractivity contribution in [1.29, 1.82) is 0 Å². The molecule has 0 amide bonds. The van der Waals surface area contributed by atoms with Gasteiger partial charge in [0.1, 0.15) is 5.75 Å². The van der Waals surface area contributed by atoms with Crippen LogP contribution >= 0.6 is 0 Å². The number of aliphatic hydroxyl groups excluding tert-OH is 1. The number of aryl methyl sites for hydroxylation is 1. The molecule has 1 aliphatic rings. The second kappa shape index (κ2) is 9.45. The minimum Gasteiger partial charge on any atom is -0.493 e. The largest absolute Gasteiger partial charge is 0.493 e. The lowest BCUT2D eigenvalue weighted by Crippen LogP contribution is -2.26. The van der Waals surface area contributed by atoms with Crippen LogP contribution < -0.4 is 4.74 Å². The van der Waals surface area contributed by atoms with Crippen molar-refractivity contribution < 1.29 is 9.84 Å². The Morgan fingerprint density at radius 1 is 1.07 bits per heavy atom. The molecule has 0 radical (unpaired) electrons. The quantitative estimate of drug-likeness (QED) is 0.646. The number of ether oxygens (including phenoxy) is 1. The van der Waals surface area contributed by atoms with Gasteiger partial charge in [0.25, 0.3) is 0 Å². The predicted octanol–water partition coefficient (Wildman–Crippen LogP) is 3.97. The lowest BCUT2D eigenvalue weighted by molar-refractivity contribution is 0.260. The Hall–Kier alpha value is -2.63. The number of nitrogens with zero attached hydrogens (tertiary/aromatic N) is 3. The van der Waals surface area contributed by atoms with E-state index in [2.05, 4.69) is 60.0 Å². The molecule has 1 aliphatic heterocycles. The lowest BCUT2D eigenvalue weighted by Gasteiger charge is -2.21. The summed E-state index contributed by atoms with van der Waals surface area (Å²) in [6, 6.07) is 16.7. The van der Waals surface area contributed by atoms with Crippen LogP contribution in [0.1, 0.15) is 35.7 Å². The second-order valence-corrected chi connectivity index (χ2v) is 7.99. The first-order valence-electron chi connectivity index (χ1n) is 10.9. The third kappa shape index (κ3) is 4.42. The van der Waals surface area contributed by atoms with Gasteiger partial charge in [-0.15, -0.1) is 0 Å². The minimum absolute atomic E-state index is 0.00440. The van der Waals surface area contributed by atoms with E-state index in [0.29, 0.717) is 6.61 Å². The van der Waals surface area contributed by atoms with Gasteiger partial charge in [-0.05, 0) is 30.5 Å². The summed E-state index contributed by atoms with van der Waals surface area (Å²) in [5.41, 5.74) is 7.12. The molecule has 0 saturated carbocycles. The highest BCUT2D eigenvalue weighted by Gasteiger charge is 2.22. The zero-order valence-electron chi connectivity index (χ0n) is 18.0. The van der Waals surface area contributed by atoms with E-state index in [4.69, 9.17) is 9.84 Å². The summed E-state index contributed by atoms with van der Waals surface area (Å²) in [6.45, 7) is 5.65. The van der Waals surface area contributed by atoms with Gasteiger partial charge in [-0.1, -0.05) is 43.3 Å². The number of aromatic nitrogens is 2. The van der Waals surface area contributed by atoms with Crippen molar-refractivity contribution in [3.63, 3.8) is 0 Å². The Balaban J connectivity index is 1.48. The number of benzene rings is 2. The second-order valence-electron chi connectivity index (χ2n) is 7.99. The Labute approximate surface area is 178 Å². The molecule has 4 rings (SSSR count). The van der Waals surface area contributed by atoms with Crippen molar-refractivity contribution in [2.75, 3.05) is 19.7 Å². The van der Waals surface area contributed by atoms with E-state index in [1.807, 2.05) is 12.1 Å². The molecule has 0 saturated heterocycles. The Bertz CT molecular complexity index is 982. The molecule has 0 bridgehead atoms. The molecular weight excluding hydrogens is 374 g/mol. The van der Waals surface area contributed by atoms with Crippen LogP contribution in [0.3, 0.4) is 0 Å². The van der Waals surface area contributed by atoms with Crippen molar-refractivity contribution >= 4 is 0 Å². The van der Waals surface area contributed by atoms with Crippen LogP contribution in [0.4, 0.5) is 0 Å². The van der Waals surface area contributed by atoms with E-state index < -0.39 is 0 Å². The van der Waals surface area contributed by atoms with Crippen molar-refractivity contribution in [3.05, 3.63) is 70.9 Å². The van der Waals surface area contributed by atoms with Crippen molar-refractivity contribution in [2.45, 2.75) is 39.3 Å². The van der Waals surface area contributed by atoms with Crippen LogP contribution in [0.25, 0.3) is 11.3 Å². The SMILES string of the molecule is CCCOc1ccc(CN2CCc3c(-c4ccccc4)nn(C)c3CC2)cc1CO. The summed E-state index contributed by atoms with van der Waals surface area (Å²) in [7, 11) is 2.06. The van der Waals surface area contributed by atoms with E-state index >= 15 is 0 Å². The number of fused-ring (bicyclic) bond motifs is 1. The monoisotopic (exact) mass is 405 g/mol. The maximum absolute atomic E-state index is 9.75. The average molecular weight is 406 g/mol. The van der Waals surface area contributed by atoms with E-state index in [9.17, 15) is 5.11 Å². The van der Waals surface area contributed by atoms with Crippen molar-refractivity contribution in [3.8, 4) is 17.0 Å². The molecule has 0 spiro atoms. The normalized spacial score (nSPS) is 14.4. The van der Waals surface area contributed by atoms with Crippen LogP contribution in [-0.4, -0.2) is 39.5 Å². The van der Waals surface area contributed by atoms with Crippen LogP contribution in [0, 0.1) is 0 Å². The Kier molecular flexibility index (Phi) is 6.50. The van der Waals surface area contributed by atoms with Gasteiger partial charge in [0.15, 0.2) is 0 Å². The summed E-state index contributed by atoms with van der Waals surface area (Å²) >= 11 is 0. The fourth-order valence-electron chi connectivity index (χ4n) is 4.28. The smallest absolute Gasteiger partial charge is 0.124 e. The molecule has 2 aromatic carbocycles. The third-order valence-electron chi connectivity index (χ3n) is 5.83. The molecule has 3 aromatic rings. The van der Waals surface area contributed by atoms with Gasteiger partial charge >= 0.3 is 0 Å². The maximum atomic E-state index is 9.75. The Morgan fingerprint density at radius 2 is 1.87 bits per heavy atom. The fourth-order valence-corrected chi connectivity index (χ4v) is 4.28. The van der Waals surface area contributed by atoms with E-state index in [-0.39, 0.29) is 6.61 Å². The van der Waals surface area contributed by atoms with Gasteiger partial charge in [-0.2, -0.15) is 5.10 Å². The molecular formula is C25H31N3O2. The molecule has 5 nitrogen and oxygen atoms in total. The van der Waals surface area contributed by atoms with Crippen LogP contribution in [0.15, 0.2) is 48.5 Å². The third-order valence-corrected chi connectivity index (χ3v) is 5.83. The molecule has 1 aromatic heterocycles. The molecule has 0 fully saturated rings. The molecule has 1 N–H and O–H groups in total. The summed E-state index contributed by atoms with van der Waals surface area (Å²) < 4.78 is 7.82.